The van der Waals surface area contributed by atoms with Crippen molar-refractivity contribution in [3.8, 4) is 0 Å². The van der Waals surface area contributed by atoms with Crippen LogP contribution in [0.15, 0.2) is 35.7 Å². The van der Waals surface area contributed by atoms with Gasteiger partial charge in [-0.3, -0.25) is 0 Å². The molecule has 0 heterocycles. The summed E-state index contributed by atoms with van der Waals surface area (Å²) in [5.74, 6) is -0.546. The Bertz CT molecular complexity index is 529. The molecule has 0 unspecified atom stereocenters. The van der Waals surface area contributed by atoms with Crippen LogP contribution in [0.4, 0.5) is 0 Å². The van der Waals surface area contributed by atoms with Crippen LogP contribution in [0.1, 0.15) is 11.1 Å². The molecule has 0 aliphatic carbocycles. The lowest BCUT2D eigenvalue weighted by atomic mass is 10.0. The van der Waals surface area contributed by atoms with Crippen LogP contribution in [-0.4, -0.2) is 34.0 Å². The maximum atomic E-state index is 11.3. The Morgan fingerprint density at radius 2 is 2.15 bits per heavy atom. The zero-order valence-corrected chi connectivity index (χ0v) is 12.7. The van der Waals surface area contributed by atoms with Gasteiger partial charge in [-0.1, -0.05) is 52.9 Å². The molecule has 1 aromatic carbocycles. The molecule has 0 aliphatic heterocycles. The van der Waals surface area contributed by atoms with E-state index in [1.165, 1.54) is 36.9 Å². The third-order valence-electron chi connectivity index (χ3n) is 2.38. The summed E-state index contributed by atoms with van der Waals surface area (Å²) >= 11 is 2.67. The lowest BCUT2D eigenvalue weighted by Gasteiger charge is -2.09. The number of carbonyl (C=O) groups is 1. The SMILES string of the molecule is COC=C(C(=O)O)c1ccccc1CSC(=NO)SC. The van der Waals surface area contributed by atoms with Crippen molar-refractivity contribution in [3.63, 3.8) is 0 Å². The molecule has 0 saturated heterocycles. The number of carboxylic acid groups (broad SMARTS) is 1. The number of hydrogen-bond donors (Lipinski definition) is 2. The highest BCUT2D eigenvalue weighted by molar-refractivity contribution is 8.38. The first-order chi connectivity index (χ1) is 9.63. The minimum atomic E-state index is -1.05. The molecule has 0 bridgehead atoms. The van der Waals surface area contributed by atoms with Crippen LogP contribution in [-0.2, 0) is 15.3 Å². The number of methoxy groups -OCH3 is 1. The monoisotopic (exact) mass is 313 g/mol. The molecule has 0 fully saturated rings. The number of oxime groups is 1. The molecule has 1 aromatic rings. The summed E-state index contributed by atoms with van der Waals surface area (Å²) in [7, 11) is 1.41. The van der Waals surface area contributed by atoms with Gasteiger partial charge in [0, 0.05) is 5.75 Å². The molecule has 0 spiro atoms. The summed E-state index contributed by atoms with van der Waals surface area (Å²) in [6.45, 7) is 0. The number of rotatable bonds is 5. The highest BCUT2D eigenvalue weighted by Gasteiger charge is 2.15. The lowest BCUT2D eigenvalue weighted by Crippen LogP contribution is -2.03. The van der Waals surface area contributed by atoms with E-state index in [4.69, 9.17) is 9.94 Å². The first kappa shape index (κ1) is 16.5. The second-order valence-electron chi connectivity index (χ2n) is 3.59. The van der Waals surface area contributed by atoms with Crippen LogP contribution < -0.4 is 0 Å². The van der Waals surface area contributed by atoms with Crippen molar-refractivity contribution in [2.45, 2.75) is 5.75 Å². The number of ether oxygens (including phenoxy) is 1. The van der Waals surface area contributed by atoms with E-state index in [0.29, 0.717) is 15.7 Å². The summed E-state index contributed by atoms with van der Waals surface area (Å²) in [5.41, 5.74) is 1.52. The van der Waals surface area contributed by atoms with Gasteiger partial charge in [0.15, 0.2) is 4.38 Å². The van der Waals surface area contributed by atoms with E-state index in [9.17, 15) is 9.90 Å². The average Bonchev–Trinajstić information content (AvgIpc) is 2.46. The number of nitrogens with zero attached hydrogens (tertiary/aromatic N) is 1. The Morgan fingerprint density at radius 3 is 2.70 bits per heavy atom. The molecule has 108 valence electrons. The predicted molar refractivity (Wildman–Crippen MR) is 83.1 cm³/mol. The second kappa shape index (κ2) is 8.55. The van der Waals surface area contributed by atoms with Gasteiger partial charge >= 0.3 is 5.97 Å². The fourth-order valence-corrected chi connectivity index (χ4v) is 2.84. The maximum absolute atomic E-state index is 11.3. The summed E-state index contributed by atoms with van der Waals surface area (Å²) in [4.78, 5) is 11.3. The van der Waals surface area contributed by atoms with Gasteiger partial charge in [-0.25, -0.2) is 4.79 Å². The molecule has 1 rings (SSSR count). The standard InChI is InChI=1S/C13H15NO4S2/c1-18-7-11(12(15)16)10-6-4-3-5-9(10)8-20-13(14-17)19-2/h3-7,17H,8H2,1-2H3,(H,15,16). The van der Waals surface area contributed by atoms with Crippen LogP contribution in [0, 0.1) is 0 Å². The van der Waals surface area contributed by atoms with Gasteiger partial charge in [0.1, 0.15) is 5.57 Å². The van der Waals surface area contributed by atoms with Crippen molar-refractivity contribution in [1.29, 1.82) is 0 Å². The number of hydrogen-bond acceptors (Lipinski definition) is 6. The third-order valence-corrected chi connectivity index (χ3v) is 4.45. The molecule has 2 N–H and O–H groups in total. The van der Waals surface area contributed by atoms with Gasteiger partial charge < -0.3 is 15.1 Å². The number of benzene rings is 1. The molecule has 0 aromatic heterocycles. The van der Waals surface area contributed by atoms with Gasteiger partial charge in [0.25, 0.3) is 0 Å². The molecular weight excluding hydrogens is 298 g/mol. The van der Waals surface area contributed by atoms with Crippen molar-refractivity contribution in [2.24, 2.45) is 5.16 Å². The van der Waals surface area contributed by atoms with Crippen LogP contribution in [0.2, 0.25) is 0 Å². The molecule has 0 radical (unpaired) electrons. The summed E-state index contributed by atoms with van der Waals surface area (Å²) in [6, 6.07) is 7.17. The topological polar surface area (TPSA) is 79.1 Å². The normalized spacial score (nSPS) is 12.3. The van der Waals surface area contributed by atoms with E-state index in [1.54, 1.807) is 12.1 Å². The minimum Gasteiger partial charge on any atom is -0.503 e. The Morgan fingerprint density at radius 1 is 1.45 bits per heavy atom. The molecule has 0 amide bonds. The molecule has 7 heteroatoms. The van der Waals surface area contributed by atoms with Crippen molar-refractivity contribution < 1.29 is 19.8 Å². The van der Waals surface area contributed by atoms with Crippen LogP contribution in [0.5, 0.6) is 0 Å². The number of carboxylic acids is 1. The zero-order valence-electron chi connectivity index (χ0n) is 11.1. The van der Waals surface area contributed by atoms with E-state index in [2.05, 4.69) is 5.16 Å². The second-order valence-corrected chi connectivity index (χ2v) is 5.61. The quantitative estimate of drug-likeness (QED) is 0.217. The molecule has 0 saturated carbocycles. The van der Waals surface area contributed by atoms with Gasteiger partial charge in [-0.15, -0.1) is 0 Å². The number of aliphatic carboxylic acids is 1. The lowest BCUT2D eigenvalue weighted by molar-refractivity contribution is -0.130. The van der Waals surface area contributed by atoms with Crippen molar-refractivity contribution >= 4 is 39.4 Å². The largest absolute Gasteiger partial charge is 0.503 e. The van der Waals surface area contributed by atoms with E-state index in [1.807, 2.05) is 18.4 Å². The predicted octanol–water partition coefficient (Wildman–Crippen LogP) is 3.10. The molecular formula is C13H15NO4S2. The van der Waals surface area contributed by atoms with Gasteiger partial charge in [-0.2, -0.15) is 0 Å². The molecule has 5 nitrogen and oxygen atoms in total. The molecule has 0 atom stereocenters. The maximum Gasteiger partial charge on any atom is 0.339 e. The van der Waals surface area contributed by atoms with Crippen LogP contribution in [0.3, 0.4) is 0 Å². The van der Waals surface area contributed by atoms with Gasteiger partial charge in [0.2, 0.25) is 0 Å². The third kappa shape index (κ3) is 4.50. The van der Waals surface area contributed by atoms with E-state index < -0.39 is 5.97 Å². The van der Waals surface area contributed by atoms with Crippen molar-refractivity contribution in [3.05, 3.63) is 41.7 Å². The molecule has 20 heavy (non-hydrogen) atoms. The van der Waals surface area contributed by atoms with Gasteiger partial charge in [-0.05, 0) is 17.4 Å². The van der Waals surface area contributed by atoms with Crippen molar-refractivity contribution in [2.75, 3.05) is 13.4 Å². The van der Waals surface area contributed by atoms with Crippen LogP contribution >= 0.6 is 23.5 Å². The Balaban J connectivity index is 3.04. The Labute approximate surface area is 125 Å². The van der Waals surface area contributed by atoms with Crippen LogP contribution in [0.25, 0.3) is 5.57 Å². The first-order valence-corrected chi connectivity index (χ1v) is 7.78. The Kier molecular flexibility index (Phi) is 7.03. The highest BCUT2D eigenvalue weighted by Crippen LogP contribution is 2.26. The van der Waals surface area contributed by atoms with Gasteiger partial charge in [0.05, 0.1) is 13.4 Å². The average molecular weight is 313 g/mol. The van der Waals surface area contributed by atoms with E-state index in [-0.39, 0.29) is 5.57 Å². The highest BCUT2D eigenvalue weighted by atomic mass is 32.2. The minimum absolute atomic E-state index is 0.0929. The summed E-state index contributed by atoms with van der Waals surface area (Å²) in [6.07, 6.45) is 3.02. The van der Waals surface area contributed by atoms with Crippen molar-refractivity contribution in [1.82, 2.24) is 0 Å². The van der Waals surface area contributed by atoms with E-state index in [0.717, 1.165) is 5.56 Å². The van der Waals surface area contributed by atoms with E-state index >= 15 is 0 Å². The fraction of sp³-hybridized carbons (Fsp3) is 0.231. The summed E-state index contributed by atoms with van der Waals surface area (Å²) < 4.78 is 5.35. The fourth-order valence-electron chi connectivity index (χ4n) is 1.52. The first-order valence-electron chi connectivity index (χ1n) is 5.57. The number of thioether (sulfide) groups is 2. The molecule has 0 aliphatic rings. The Hall–Kier alpha value is -1.60. The zero-order chi connectivity index (χ0) is 15.0. The summed E-state index contributed by atoms with van der Waals surface area (Å²) in [5, 5.41) is 21.2. The smallest absolute Gasteiger partial charge is 0.339 e.